The van der Waals surface area contributed by atoms with E-state index in [2.05, 4.69) is 4.98 Å². The Morgan fingerprint density at radius 3 is 2.94 bits per heavy atom. The molecule has 5 heteroatoms. The molecule has 0 atom stereocenters. The molecule has 0 saturated heterocycles. The Kier molecular flexibility index (Phi) is 3.52. The van der Waals surface area contributed by atoms with Gasteiger partial charge in [0, 0.05) is 6.20 Å². The zero-order valence-corrected chi connectivity index (χ0v) is 9.00. The van der Waals surface area contributed by atoms with Crippen LogP contribution >= 0.6 is 0 Å². The van der Waals surface area contributed by atoms with Gasteiger partial charge in [-0.2, -0.15) is 0 Å². The third kappa shape index (κ3) is 2.92. The van der Waals surface area contributed by atoms with Gasteiger partial charge in [-0.05, 0) is 18.2 Å². The van der Waals surface area contributed by atoms with E-state index in [0.717, 1.165) is 5.69 Å². The van der Waals surface area contributed by atoms with E-state index in [1.54, 1.807) is 6.20 Å². The Balaban J connectivity index is 1.90. The lowest BCUT2D eigenvalue weighted by Gasteiger charge is -2.02. The summed E-state index contributed by atoms with van der Waals surface area (Å²) in [5.41, 5.74) is 0.918. The van der Waals surface area contributed by atoms with Crippen LogP contribution in [0.2, 0.25) is 0 Å². The molecule has 0 aliphatic heterocycles. The fourth-order valence-electron chi connectivity index (χ4n) is 1.37. The van der Waals surface area contributed by atoms with E-state index in [9.17, 15) is 4.79 Å². The Labute approximate surface area is 97.7 Å². The van der Waals surface area contributed by atoms with Crippen LogP contribution in [0.5, 0.6) is 0 Å². The Morgan fingerprint density at radius 2 is 2.24 bits per heavy atom. The summed E-state index contributed by atoms with van der Waals surface area (Å²) in [5.74, 6) is -0.705. The van der Waals surface area contributed by atoms with E-state index < -0.39 is 5.97 Å². The van der Waals surface area contributed by atoms with Crippen molar-refractivity contribution in [2.45, 2.75) is 13.2 Å². The first kappa shape index (κ1) is 11.3. The molecule has 88 valence electrons. The molecule has 2 rings (SSSR count). The summed E-state index contributed by atoms with van der Waals surface area (Å²) >= 11 is 0. The van der Waals surface area contributed by atoms with Gasteiger partial charge in [0.2, 0.25) is 0 Å². The van der Waals surface area contributed by atoms with Crippen LogP contribution < -0.4 is 0 Å². The second-order valence-corrected chi connectivity index (χ2v) is 3.38. The number of hydrogen-bond acceptors (Lipinski definition) is 4. The highest BCUT2D eigenvalue weighted by Crippen LogP contribution is 2.12. The number of ether oxygens (including phenoxy) is 1. The summed E-state index contributed by atoms with van der Waals surface area (Å²) < 4.78 is 10.4. The Bertz CT molecular complexity index is 492. The average Bonchev–Trinajstić information content (AvgIpc) is 2.79. The molecule has 0 amide bonds. The second-order valence-electron chi connectivity index (χ2n) is 3.38. The predicted octanol–water partition coefficient (Wildman–Crippen LogP) is 2.09. The van der Waals surface area contributed by atoms with Crippen molar-refractivity contribution >= 4 is 5.97 Å². The van der Waals surface area contributed by atoms with E-state index in [1.165, 1.54) is 12.3 Å². The molecule has 2 aromatic rings. The highest BCUT2D eigenvalue weighted by atomic mass is 16.5. The lowest BCUT2D eigenvalue weighted by atomic mass is 10.2. The van der Waals surface area contributed by atoms with Crippen molar-refractivity contribution in [3.05, 3.63) is 53.7 Å². The zero-order valence-electron chi connectivity index (χ0n) is 9.00. The molecule has 2 heterocycles. The number of furan rings is 1. The molecule has 0 radical (unpaired) electrons. The van der Waals surface area contributed by atoms with Crippen LogP contribution in [0.25, 0.3) is 0 Å². The Hall–Kier alpha value is -2.14. The fraction of sp³-hybridized carbons (Fsp3) is 0.167. The molecular formula is C12H11NO4. The number of aromatic carboxylic acids is 1. The van der Waals surface area contributed by atoms with Gasteiger partial charge < -0.3 is 14.3 Å². The minimum atomic E-state index is -1.02. The van der Waals surface area contributed by atoms with Crippen molar-refractivity contribution in [1.82, 2.24) is 4.98 Å². The first-order chi connectivity index (χ1) is 8.27. The molecule has 0 unspecified atom stereocenters. The normalized spacial score (nSPS) is 10.4. The van der Waals surface area contributed by atoms with Gasteiger partial charge in [0.05, 0.1) is 18.6 Å². The summed E-state index contributed by atoms with van der Waals surface area (Å²) in [4.78, 5) is 14.9. The van der Waals surface area contributed by atoms with Crippen LogP contribution in [0.1, 0.15) is 21.8 Å². The molecule has 0 bridgehead atoms. The van der Waals surface area contributed by atoms with Gasteiger partial charge in [-0.3, -0.25) is 4.98 Å². The number of carboxylic acid groups (broad SMARTS) is 1. The fourth-order valence-corrected chi connectivity index (χ4v) is 1.37. The van der Waals surface area contributed by atoms with Crippen LogP contribution in [0.15, 0.2) is 41.1 Å². The molecule has 0 spiro atoms. The maximum atomic E-state index is 10.8. The van der Waals surface area contributed by atoms with Crippen LogP contribution in [0.3, 0.4) is 0 Å². The minimum Gasteiger partial charge on any atom is -0.478 e. The molecule has 17 heavy (non-hydrogen) atoms. The van der Waals surface area contributed by atoms with Crippen LogP contribution in [-0.2, 0) is 18.0 Å². The third-order valence-corrected chi connectivity index (χ3v) is 2.19. The van der Waals surface area contributed by atoms with Gasteiger partial charge in [-0.1, -0.05) is 6.07 Å². The number of pyridine rings is 1. The average molecular weight is 233 g/mol. The predicted molar refractivity (Wildman–Crippen MR) is 58.4 cm³/mol. The van der Waals surface area contributed by atoms with Crippen molar-refractivity contribution in [2.24, 2.45) is 0 Å². The monoisotopic (exact) mass is 233 g/mol. The summed E-state index contributed by atoms with van der Waals surface area (Å²) in [7, 11) is 0. The van der Waals surface area contributed by atoms with Gasteiger partial charge in [0.1, 0.15) is 17.9 Å². The van der Waals surface area contributed by atoms with Crippen LogP contribution in [0.4, 0.5) is 0 Å². The molecule has 0 saturated carbocycles. The van der Waals surface area contributed by atoms with Crippen molar-refractivity contribution in [3.63, 3.8) is 0 Å². The second kappa shape index (κ2) is 5.27. The van der Waals surface area contributed by atoms with Crippen LogP contribution in [0, 0.1) is 0 Å². The maximum absolute atomic E-state index is 10.8. The largest absolute Gasteiger partial charge is 0.478 e. The topological polar surface area (TPSA) is 72.6 Å². The third-order valence-electron chi connectivity index (χ3n) is 2.19. The van der Waals surface area contributed by atoms with Crippen LogP contribution in [-0.4, -0.2) is 16.1 Å². The maximum Gasteiger partial charge on any atom is 0.339 e. The first-order valence-electron chi connectivity index (χ1n) is 5.04. The van der Waals surface area contributed by atoms with Gasteiger partial charge in [0.25, 0.3) is 0 Å². The summed E-state index contributed by atoms with van der Waals surface area (Å²) in [6.07, 6.45) is 3.01. The molecule has 0 aliphatic carbocycles. The number of carbonyl (C=O) groups is 1. The van der Waals surface area contributed by atoms with E-state index in [4.69, 9.17) is 14.3 Å². The minimum absolute atomic E-state index is 0.116. The zero-order chi connectivity index (χ0) is 12.1. The first-order valence-corrected chi connectivity index (χ1v) is 5.04. The summed E-state index contributed by atoms with van der Waals surface area (Å²) in [6.45, 7) is 0.436. The van der Waals surface area contributed by atoms with Crippen molar-refractivity contribution in [2.75, 3.05) is 0 Å². The van der Waals surface area contributed by atoms with E-state index in [1.807, 2.05) is 18.2 Å². The van der Waals surface area contributed by atoms with Crippen molar-refractivity contribution < 1.29 is 19.1 Å². The van der Waals surface area contributed by atoms with Gasteiger partial charge in [-0.15, -0.1) is 0 Å². The Morgan fingerprint density at radius 1 is 1.35 bits per heavy atom. The standard InChI is InChI=1S/C12H11NO4/c14-12(15)10-4-6-17-11(10)8-16-7-9-3-1-2-5-13-9/h1-6H,7-8H2,(H,14,15). The molecular weight excluding hydrogens is 222 g/mol. The molecule has 5 nitrogen and oxygen atoms in total. The van der Waals surface area contributed by atoms with E-state index in [0.29, 0.717) is 12.4 Å². The molecule has 0 fully saturated rings. The van der Waals surface area contributed by atoms with E-state index in [-0.39, 0.29) is 12.2 Å². The highest BCUT2D eigenvalue weighted by molar-refractivity contribution is 5.88. The number of carboxylic acids is 1. The summed E-state index contributed by atoms with van der Waals surface area (Å²) in [5, 5.41) is 8.84. The lowest BCUT2D eigenvalue weighted by Crippen LogP contribution is -2.01. The van der Waals surface area contributed by atoms with Crippen molar-refractivity contribution in [3.8, 4) is 0 Å². The van der Waals surface area contributed by atoms with Crippen molar-refractivity contribution in [1.29, 1.82) is 0 Å². The molecule has 2 aromatic heterocycles. The molecule has 1 N–H and O–H groups in total. The smallest absolute Gasteiger partial charge is 0.339 e. The summed E-state index contributed by atoms with van der Waals surface area (Å²) in [6, 6.07) is 6.92. The van der Waals surface area contributed by atoms with Gasteiger partial charge >= 0.3 is 5.97 Å². The lowest BCUT2D eigenvalue weighted by molar-refractivity contribution is 0.0669. The number of nitrogens with zero attached hydrogens (tertiary/aromatic N) is 1. The SMILES string of the molecule is O=C(O)c1ccoc1COCc1ccccn1. The number of aromatic nitrogens is 1. The molecule has 0 aromatic carbocycles. The number of rotatable bonds is 5. The highest BCUT2D eigenvalue weighted by Gasteiger charge is 2.12. The molecule has 0 aliphatic rings. The quantitative estimate of drug-likeness (QED) is 0.856. The van der Waals surface area contributed by atoms with Gasteiger partial charge in [-0.25, -0.2) is 4.79 Å². The van der Waals surface area contributed by atoms with E-state index >= 15 is 0 Å². The number of hydrogen-bond donors (Lipinski definition) is 1. The van der Waals surface area contributed by atoms with Gasteiger partial charge in [0.15, 0.2) is 0 Å².